The van der Waals surface area contributed by atoms with Crippen molar-refractivity contribution < 1.29 is 14.3 Å². The Morgan fingerprint density at radius 1 is 1.56 bits per heavy atom. The highest BCUT2D eigenvalue weighted by Gasteiger charge is 2.50. The summed E-state index contributed by atoms with van der Waals surface area (Å²) in [5.74, 6) is -0.165. The zero-order chi connectivity index (χ0) is 13.3. The zero-order valence-corrected chi connectivity index (χ0v) is 11.1. The van der Waals surface area contributed by atoms with E-state index in [-0.39, 0.29) is 17.6 Å². The second-order valence-corrected chi connectivity index (χ2v) is 5.55. The van der Waals surface area contributed by atoms with Gasteiger partial charge in [0, 0.05) is 5.56 Å². The lowest BCUT2D eigenvalue weighted by atomic mass is 9.79. The van der Waals surface area contributed by atoms with Crippen molar-refractivity contribution in [3.63, 3.8) is 0 Å². The van der Waals surface area contributed by atoms with Gasteiger partial charge in [-0.15, -0.1) is 0 Å². The molecule has 1 fully saturated rings. The molecule has 0 bridgehead atoms. The molecule has 1 aliphatic rings. The van der Waals surface area contributed by atoms with Crippen molar-refractivity contribution in [2.45, 2.75) is 39.2 Å². The van der Waals surface area contributed by atoms with Crippen LogP contribution in [0.4, 0.5) is 0 Å². The highest BCUT2D eigenvalue weighted by Crippen LogP contribution is 2.47. The zero-order valence-electron chi connectivity index (χ0n) is 11.1. The fourth-order valence-corrected chi connectivity index (χ4v) is 2.97. The summed E-state index contributed by atoms with van der Waals surface area (Å²) in [6.07, 6.45) is 6.19. The normalized spacial score (nSPS) is 31.3. The third kappa shape index (κ3) is 2.15. The van der Waals surface area contributed by atoms with Crippen molar-refractivity contribution >= 4 is 5.78 Å². The average molecular weight is 248 g/mol. The summed E-state index contributed by atoms with van der Waals surface area (Å²) in [6.45, 7) is 5.82. The van der Waals surface area contributed by atoms with E-state index in [9.17, 15) is 9.90 Å². The molecule has 3 nitrogen and oxygen atoms in total. The predicted octanol–water partition coefficient (Wildman–Crippen LogP) is 3.05. The molecule has 1 N–H and O–H groups in total. The number of allylic oxidation sites excluding steroid dienone is 2. The van der Waals surface area contributed by atoms with Crippen LogP contribution in [0.3, 0.4) is 0 Å². The predicted molar refractivity (Wildman–Crippen MR) is 68.9 cm³/mol. The quantitative estimate of drug-likeness (QED) is 0.836. The lowest BCUT2D eigenvalue weighted by molar-refractivity contribution is -0.127. The molecular formula is C15H20O3. The molecule has 2 rings (SSSR count). The minimum atomic E-state index is -1.07. The molecule has 1 heterocycles. The molecule has 1 aliphatic carbocycles. The molecule has 1 aromatic rings. The SMILES string of the molecule is CC(C)=CC(=O)[C@H]1[C@@H](C)CC[C@]1(O)c1ccoc1. The molecule has 3 heteroatoms. The first-order valence-electron chi connectivity index (χ1n) is 6.39. The number of rotatable bonds is 3. The fourth-order valence-electron chi connectivity index (χ4n) is 2.97. The summed E-state index contributed by atoms with van der Waals surface area (Å²) in [5.41, 5.74) is 0.608. The van der Waals surface area contributed by atoms with E-state index in [1.165, 1.54) is 0 Å². The number of hydrogen-bond donors (Lipinski definition) is 1. The van der Waals surface area contributed by atoms with Gasteiger partial charge in [-0.05, 0) is 44.7 Å². The third-order valence-electron chi connectivity index (χ3n) is 3.82. The van der Waals surface area contributed by atoms with Gasteiger partial charge in [-0.1, -0.05) is 12.5 Å². The van der Waals surface area contributed by atoms with E-state index < -0.39 is 5.60 Å². The van der Waals surface area contributed by atoms with Crippen molar-refractivity contribution in [1.29, 1.82) is 0 Å². The van der Waals surface area contributed by atoms with Crippen molar-refractivity contribution in [3.8, 4) is 0 Å². The molecule has 98 valence electrons. The maximum absolute atomic E-state index is 12.3. The molecule has 3 atom stereocenters. The van der Waals surface area contributed by atoms with E-state index >= 15 is 0 Å². The van der Waals surface area contributed by atoms with Gasteiger partial charge in [0.25, 0.3) is 0 Å². The molecular weight excluding hydrogens is 228 g/mol. The lowest BCUT2D eigenvalue weighted by Gasteiger charge is -2.29. The molecule has 0 saturated heterocycles. The first-order chi connectivity index (χ1) is 8.45. The van der Waals surface area contributed by atoms with Crippen LogP contribution >= 0.6 is 0 Å². The average Bonchev–Trinajstić information content (AvgIpc) is 2.86. The first-order valence-corrected chi connectivity index (χ1v) is 6.39. The van der Waals surface area contributed by atoms with Gasteiger partial charge in [0.15, 0.2) is 5.78 Å². The summed E-state index contributed by atoms with van der Waals surface area (Å²) in [4.78, 5) is 12.3. The molecule has 1 saturated carbocycles. The van der Waals surface area contributed by atoms with Crippen LogP contribution in [0, 0.1) is 11.8 Å². The monoisotopic (exact) mass is 248 g/mol. The maximum atomic E-state index is 12.3. The Hall–Kier alpha value is -1.35. The van der Waals surface area contributed by atoms with Crippen LogP contribution in [0.15, 0.2) is 34.7 Å². The van der Waals surface area contributed by atoms with Crippen molar-refractivity contribution in [2.24, 2.45) is 11.8 Å². The maximum Gasteiger partial charge on any atom is 0.162 e. The van der Waals surface area contributed by atoms with Gasteiger partial charge in [0.1, 0.15) is 5.60 Å². The van der Waals surface area contributed by atoms with E-state index in [2.05, 4.69) is 0 Å². The number of carbonyl (C=O) groups excluding carboxylic acids is 1. The van der Waals surface area contributed by atoms with E-state index in [0.717, 1.165) is 12.0 Å². The van der Waals surface area contributed by atoms with E-state index in [0.29, 0.717) is 12.0 Å². The Balaban J connectivity index is 2.36. The Morgan fingerprint density at radius 3 is 2.83 bits per heavy atom. The van der Waals surface area contributed by atoms with Crippen molar-refractivity contribution in [3.05, 3.63) is 35.8 Å². The van der Waals surface area contributed by atoms with Crippen LogP contribution in [0.1, 0.15) is 39.2 Å². The lowest BCUT2D eigenvalue weighted by Crippen LogP contribution is -2.36. The Bertz CT molecular complexity index is 454. The molecule has 0 aliphatic heterocycles. The molecule has 0 amide bonds. The van der Waals surface area contributed by atoms with Gasteiger partial charge in [-0.3, -0.25) is 4.79 Å². The van der Waals surface area contributed by atoms with Gasteiger partial charge in [-0.2, -0.15) is 0 Å². The first kappa shape index (κ1) is 13.1. The minimum Gasteiger partial charge on any atom is -0.472 e. The van der Waals surface area contributed by atoms with Crippen LogP contribution in [-0.4, -0.2) is 10.9 Å². The van der Waals surface area contributed by atoms with Gasteiger partial charge in [0.2, 0.25) is 0 Å². The van der Waals surface area contributed by atoms with Crippen molar-refractivity contribution in [2.75, 3.05) is 0 Å². The smallest absolute Gasteiger partial charge is 0.162 e. The topological polar surface area (TPSA) is 50.4 Å². The van der Waals surface area contributed by atoms with Crippen LogP contribution in [-0.2, 0) is 10.4 Å². The largest absolute Gasteiger partial charge is 0.472 e. The van der Waals surface area contributed by atoms with Crippen molar-refractivity contribution in [1.82, 2.24) is 0 Å². The van der Waals surface area contributed by atoms with Crippen LogP contribution in [0.2, 0.25) is 0 Å². The molecule has 0 radical (unpaired) electrons. The Labute approximate surface area is 108 Å². The number of carbonyl (C=O) groups is 1. The van der Waals surface area contributed by atoms with Crippen LogP contribution in [0.5, 0.6) is 0 Å². The van der Waals surface area contributed by atoms with Gasteiger partial charge < -0.3 is 9.52 Å². The standard InChI is InChI=1S/C15H20O3/c1-10(2)8-13(16)14-11(3)4-6-15(14,17)12-5-7-18-9-12/h5,7-9,11,14,17H,4,6H2,1-3H3/t11-,14+,15-/m0/s1. The fraction of sp³-hybridized carbons (Fsp3) is 0.533. The summed E-state index contributed by atoms with van der Waals surface area (Å²) in [6, 6.07) is 1.75. The highest BCUT2D eigenvalue weighted by molar-refractivity contribution is 5.93. The second-order valence-electron chi connectivity index (χ2n) is 5.55. The minimum absolute atomic E-state index is 0.0173. The summed E-state index contributed by atoms with van der Waals surface area (Å²) < 4.78 is 5.05. The second kappa shape index (κ2) is 4.73. The number of hydrogen-bond acceptors (Lipinski definition) is 3. The summed E-state index contributed by atoms with van der Waals surface area (Å²) in [7, 11) is 0. The Morgan fingerprint density at radius 2 is 2.28 bits per heavy atom. The summed E-state index contributed by atoms with van der Waals surface area (Å²) >= 11 is 0. The van der Waals surface area contributed by atoms with Crippen LogP contribution in [0.25, 0.3) is 0 Å². The van der Waals surface area contributed by atoms with Gasteiger partial charge in [-0.25, -0.2) is 0 Å². The van der Waals surface area contributed by atoms with E-state index in [1.807, 2.05) is 20.8 Å². The van der Waals surface area contributed by atoms with E-state index in [4.69, 9.17) is 4.42 Å². The third-order valence-corrected chi connectivity index (χ3v) is 3.82. The van der Waals surface area contributed by atoms with Gasteiger partial charge >= 0.3 is 0 Å². The summed E-state index contributed by atoms with van der Waals surface area (Å²) in [5, 5.41) is 10.9. The Kier molecular flexibility index (Phi) is 3.44. The van der Waals surface area contributed by atoms with Crippen LogP contribution < -0.4 is 0 Å². The number of ketones is 1. The highest BCUT2D eigenvalue weighted by atomic mass is 16.3. The molecule has 0 aromatic carbocycles. The number of furan rings is 1. The molecule has 1 aromatic heterocycles. The van der Waals surface area contributed by atoms with Gasteiger partial charge in [0.05, 0.1) is 18.4 Å². The van der Waals surface area contributed by atoms with E-state index in [1.54, 1.807) is 24.7 Å². The molecule has 0 spiro atoms. The number of aliphatic hydroxyl groups is 1. The molecule has 18 heavy (non-hydrogen) atoms. The molecule has 0 unspecified atom stereocenters.